The van der Waals surface area contributed by atoms with Crippen molar-refractivity contribution >= 4 is 68.7 Å². The molecule has 0 saturated carbocycles. The minimum atomic E-state index is -0.0262. The van der Waals surface area contributed by atoms with Crippen LogP contribution in [0.1, 0.15) is 30.7 Å². The van der Waals surface area contributed by atoms with Crippen molar-refractivity contribution in [3.63, 3.8) is 0 Å². The fourth-order valence-electron chi connectivity index (χ4n) is 4.43. The molecule has 0 radical (unpaired) electrons. The summed E-state index contributed by atoms with van der Waals surface area (Å²) in [7, 11) is 0. The molecule has 1 aromatic heterocycles. The number of aromatic nitrogens is 1. The topological polar surface area (TPSA) is 37.6 Å². The van der Waals surface area contributed by atoms with Crippen LogP contribution in [0.4, 0.5) is 5.69 Å². The molecular weight excluding hydrogens is 509 g/mol. The predicted octanol–water partition coefficient (Wildman–Crippen LogP) is 8.32. The third-order valence-corrected chi connectivity index (χ3v) is 7.80. The van der Waals surface area contributed by atoms with Crippen molar-refractivity contribution in [2.24, 2.45) is 4.99 Å². The third kappa shape index (κ3) is 4.71. The van der Waals surface area contributed by atoms with Gasteiger partial charge in [-0.2, -0.15) is 0 Å². The Morgan fingerprint density at radius 1 is 1.00 bits per heavy atom. The molecule has 0 N–H and O–H groups in total. The highest BCUT2D eigenvalue weighted by atomic mass is 35.5. The van der Waals surface area contributed by atoms with Gasteiger partial charge in [-0.15, -0.1) is 0 Å². The van der Waals surface area contributed by atoms with E-state index in [4.69, 9.17) is 28.2 Å². The quantitative estimate of drug-likeness (QED) is 0.242. The zero-order valence-corrected chi connectivity index (χ0v) is 22.5. The SMILES string of the molecule is Cc1c(/C=C2/SC(=Nc3ccccc3)N(C(C)C)C2=O)c2ccccc2n1Cc1ccc(Cl)cc1Cl. The Morgan fingerprint density at radius 3 is 2.44 bits per heavy atom. The van der Waals surface area contributed by atoms with E-state index in [0.717, 1.165) is 33.4 Å². The van der Waals surface area contributed by atoms with E-state index in [9.17, 15) is 4.79 Å². The van der Waals surface area contributed by atoms with Crippen molar-refractivity contribution in [3.8, 4) is 0 Å². The first kappa shape index (κ1) is 24.7. The number of nitrogens with zero attached hydrogens (tertiary/aromatic N) is 3. The van der Waals surface area contributed by atoms with Crippen LogP contribution in [0.5, 0.6) is 0 Å². The summed E-state index contributed by atoms with van der Waals surface area (Å²) in [5.41, 5.74) is 4.98. The van der Waals surface area contributed by atoms with Crippen molar-refractivity contribution in [1.82, 2.24) is 9.47 Å². The van der Waals surface area contributed by atoms with Gasteiger partial charge < -0.3 is 4.57 Å². The molecule has 2 heterocycles. The van der Waals surface area contributed by atoms with Crippen LogP contribution >= 0.6 is 35.0 Å². The van der Waals surface area contributed by atoms with E-state index in [-0.39, 0.29) is 11.9 Å². The van der Waals surface area contributed by atoms with Gasteiger partial charge >= 0.3 is 0 Å². The fourth-order valence-corrected chi connectivity index (χ4v) is 6.00. The average molecular weight is 535 g/mol. The molecule has 0 bridgehead atoms. The number of para-hydroxylation sites is 2. The van der Waals surface area contributed by atoms with Crippen molar-refractivity contribution < 1.29 is 4.79 Å². The molecular formula is C29H25Cl2N3OS. The lowest BCUT2D eigenvalue weighted by atomic mass is 10.1. The van der Waals surface area contributed by atoms with Gasteiger partial charge in [0, 0.05) is 44.8 Å². The van der Waals surface area contributed by atoms with E-state index in [1.165, 1.54) is 11.8 Å². The molecule has 1 fully saturated rings. The lowest BCUT2D eigenvalue weighted by molar-refractivity contribution is -0.123. The number of hydrogen-bond acceptors (Lipinski definition) is 3. The van der Waals surface area contributed by atoms with Crippen LogP contribution in [0.25, 0.3) is 17.0 Å². The number of carbonyl (C=O) groups is 1. The van der Waals surface area contributed by atoms with Gasteiger partial charge in [-0.1, -0.05) is 65.7 Å². The largest absolute Gasteiger partial charge is 0.340 e. The number of benzene rings is 3. The molecule has 0 aliphatic carbocycles. The Balaban J connectivity index is 1.59. The number of hydrogen-bond donors (Lipinski definition) is 0. The van der Waals surface area contributed by atoms with E-state index in [1.807, 2.05) is 74.5 Å². The third-order valence-electron chi connectivity index (χ3n) is 6.23. The van der Waals surface area contributed by atoms with Crippen LogP contribution in [0, 0.1) is 6.92 Å². The zero-order valence-electron chi connectivity index (χ0n) is 20.2. The molecule has 182 valence electrons. The summed E-state index contributed by atoms with van der Waals surface area (Å²) < 4.78 is 2.24. The highest BCUT2D eigenvalue weighted by Crippen LogP contribution is 2.38. The first-order valence-electron chi connectivity index (χ1n) is 11.7. The van der Waals surface area contributed by atoms with Gasteiger partial charge in [0.2, 0.25) is 0 Å². The molecule has 4 nitrogen and oxygen atoms in total. The molecule has 7 heteroatoms. The van der Waals surface area contributed by atoms with Crippen LogP contribution in [0.2, 0.25) is 10.0 Å². The zero-order chi connectivity index (χ0) is 25.4. The fraction of sp³-hybridized carbons (Fsp3) is 0.172. The molecule has 1 saturated heterocycles. The maximum absolute atomic E-state index is 13.5. The second-order valence-corrected chi connectivity index (χ2v) is 10.8. The molecule has 1 aliphatic rings. The van der Waals surface area contributed by atoms with Gasteiger partial charge in [-0.25, -0.2) is 4.99 Å². The van der Waals surface area contributed by atoms with Gasteiger partial charge in [-0.3, -0.25) is 9.69 Å². The Kier molecular flexibility index (Phi) is 6.98. The molecule has 0 atom stereocenters. The number of rotatable bonds is 5. The molecule has 0 unspecified atom stereocenters. The summed E-state index contributed by atoms with van der Waals surface area (Å²) in [6.07, 6.45) is 2.01. The van der Waals surface area contributed by atoms with E-state index in [1.54, 1.807) is 11.0 Å². The molecule has 4 aromatic rings. The van der Waals surface area contributed by atoms with E-state index in [2.05, 4.69) is 23.6 Å². The standard InChI is InChI=1S/C29H25Cl2N3OS/c1-18(2)34-28(35)27(36-29(34)32-22-9-5-4-6-10-22)16-24-19(3)33(26-12-8-7-11-23(24)26)17-20-13-14-21(30)15-25(20)31/h4-16,18H,17H2,1-3H3/b27-16+,32-29?. The lowest BCUT2D eigenvalue weighted by Crippen LogP contribution is -2.35. The van der Waals surface area contributed by atoms with Gasteiger partial charge in [-0.05, 0) is 74.5 Å². The van der Waals surface area contributed by atoms with Gasteiger partial charge in [0.1, 0.15) is 0 Å². The normalized spacial score (nSPS) is 16.3. The van der Waals surface area contributed by atoms with Crippen molar-refractivity contribution in [3.05, 3.63) is 105 Å². The smallest absolute Gasteiger partial charge is 0.266 e. The highest BCUT2D eigenvalue weighted by molar-refractivity contribution is 8.18. The second kappa shape index (κ2) is 10.2. The number of carbonyl (C=O) groups excluding carboxylic acids is 1. The molecule has 3 aromatic carbocycles. The summed E-state index contributed by atoms with van der Waals surface area (Å²) in [6, 6.07) is 23.6. The van der Waals surface area contributed by atoms with Crippen LogP contribution in [0.3, 0.4) is 0 Å². The second-order valence-electron chi connectivity index (χ2n) is 8.95. The van der Waals surface area contributed by atoms with E-state index in [0.29, 0.717) is 26.7 Å². The van der Waals surface area contributed by atoms with Gasteiger partial charge in [0.15, 0.2) is 5.17 Å². The minimum Gasteiger partial charge on any atom is -0.340 e. The van der Waals surface area contributed by atoms with Crippen LogP contribution in [-0.2, 0) is 11.3 Å². The number of amides is 1. The number of amidine groups is 1. The number of fused-ring (bicyclic) bond motifs is 1. The molecule has 36 heavy (non-hydrogen) atoms. The van der Waals surface area contributed by atoms with E-state index < -0.39 is 0 Å². The Morgan fingerprint density at radius 2 is 1.72 bits per heavy atom. The monoisotopic (exact) mass is 533 g/mol. The summed E-state index contributed by atoms with van der Waals surface area (Å²) in [5, 5.41) is 3.03. The Hall–Kier alpha value is -2.99. The summed E-state index contributed by atoms with van der Waals surface area (Å²) in [6.45, 7) is 6.70. The van der Waals surface area contributed by atoms with Crippen LogP contribution in [0.15, 0.2) is 82.7 Å². The number of thioether (sulfide) groups is 1. The lowest BCUT2D eigenvalue weighted by Gasteiger charge is -2.19. The first-order chi connectivity index (χ1) is 17.3. The number of aliphatic imine (C=N–C) groups is 1. The summed E-state index contributed by atoms with van der Waals surface area (Å²) >= 11 is 14.0. The van der Waals surface area contributed by atoms with Crippen LogP contribution in [-0.4, -0.2) is 26.6 Å². The van der Waals surface area contributed by atoms with Crippen molar-refractivity contribution in [2.45, 2.75) is 33.4 Å². The molecule has 1 aliphatic heterocycles. The first-order valence-corrected chi connectivity index (χ1v) is 13.3. The maximum Gasteiger partial charge on any atom is 0.266 e. The average Bonchev–Trinajstić information content (AvgIpc) is 3.30. The van der Waals surface area contributed by atoms with Crippen molar-refractivity contribution in [1.29, 1.82) is 0 Å². The van der Waals surface area contributed by atoms with E-state index >= 15 is 0 Å². The van der Waals surface area contributed by atoms with Gasteiger partial charge in [0.05, 0.1) is 10.6 Å². The summed E-state index contributed by atoms with van der Waals surface area (Å²) in [5.74, 6) is -0.0262. The Bertz CT molecular complexity index is 1520. The predicted molar refractivity (Wildman–Crippen MR) is 153 cm³/mol. The maximum atomic E-state index is 13.5. The molecule has 5 rings (SSSR count). The molecule has 0 spiro atoms. The summed E-state index contributed by atoms with van der Waals surface area (Å²) in [4.78, 5) is 20.7. The minimum absolute atomic E-state index is 0.00662. The van der Waals surface area contributed by atoms with Crippen LogP contribution < -0.4 is 0 Å². The van der Waals surface area contributed by atoms with Gasteiger partial charge in [0.25, 0.3) is 5.91 Å². The highest BCUT2D eigenvalue weighted by Gasteiger charge is 2.35. The molecule has 1 amide bonds. The number of halogens is 2. The van der Waals surface area contributed by atoms with Crippen molar-refractivity contribution in [2.75, 3.05) is 0 Å². The Labute approximate surface area is 225 Å².